The molecule has 0 spiro atoms. The van der Waals surface area contributed by atoms with E-state index in [0.717, 1.165) is 32.2 Å². The monoisotopic (exact) mass is 384 g/mol. The van der Waals surface area contributed by atoms with Crippen LogP contribution in [0.4, 0.5) is 0 Å². The first-order chi connectivity index (χ1) is 12.8. The van der Waals surface area contributed by atoms with Gasteiger partial charge in [-0.3, -0.25) is 9.89 Å². The van der Waals surface area contributed by atoms with E-state index >= 15 is 0 Å². The second kappa shape index (κ2) is 10.2. The van der Waals surface area contributed by atoms with Crippen molar-refractivity contribution in [2.45, 2.75) is 43.7 Å². The number of aliphatic imine (C=N–C) groups is 1. The molecule has 3 aliphatic rings. The molecule has 150 valence electrons. The summed E-state index contributed by atoms with van der Waals surface area (Å²) in [4.78, 5) is 9.68. The highest BCUT2D eigenvalue weighted by Gasteiger charge is 2.39. The summed E-state index contributed by atoms with van der Waals surface area (Å²) in [6.07, 6.45) is 6.87. The van der Waals surface area contributed by atoms with Gasteiger partial charge < -0.3 is 19.7 Å². The summed E-state index contributed by atoms with van der Waals surface area (Å²) >= 11 is 2.10. The number of hydrogen-bond donors (Lipinski definition) is 1. The fraction of sp³-hybridized carbons (Fsp3) is 0.947. The number of guanidine groups is 1. The lowest BCUT2D eigenvalue weighted by Crippen LogP contribution is -2.61. The van der Waals surface area contributed by atoms with Crippen molar-refractivity contribution in [3.05, 3.63) is 0 Å². The summed E-state index contributed by atoms with van der Waals surface area (Å²) in [5, 5.41) is 3.74. The maximum atomic E-state index is 5.79. The molecule has 0 amide bonds. The minimum atomic E-state index is 0.134. The third-order valence-electron chi connectivity index (χ3n) is 6.04. The van der Waals surface area contributed by atoms with Crippen LogP contribution in [0.3, 0.4) is 0 Å². The number of nitrogens with zero attached hydrogens (tertiary/aromatic N) is 3. The Morgan fingerprint density at radius 2 is 2.00 bits per heavy atom. The van der Waals surface area contributed by atoms with Gasteiger partial charge in [-0.05, 0) is 12.8 Å². The molecule has 2 saturated heterocycles. The van der Waals surface area contributed by atoms with Crippen molar-refractivity contribution >= 4 is 17.7 Å². The van der Waals surface area contributed by atoms with E-state index < -0.39 is 0 Å². The molecule has 1 unspecified atom stereocenters. The zero-order chi connectivity index (χ0) is 18.2. The van der Waals surface area contributed by atoms with Gasteiger partial charge in [0.15, 0.2) is 5.96 Å². The van der Waals surface area contributed by atoms with Crippen LogP contribution in [0, 0.1) is 0 Å². The molecule has 7 heteroatoms. The number of thioether (sulfide) groups is 1. The molecule has 0 aromatic carbocycles. The molecule has 26 heavy (non-hydrogen) atoms. The van der Waals surface area contributed by atoms with Gasteiger partial charge in [0.05, 0.1) is 19.3 Å². The number of rotatable bonds is 5. The largest absolute Gasteiger partial charge is 0.382 e. The fourth-order valence-corrected chi connectivity index (χ4v) is 5.53. The Hall–Kier alpha value is -0.500. The predicted molar refractivity (Wildman–Crippen MR) is 109 cm³/mol. The summed E-state index contributed by atoms with van der Waals surface area (Å²) in [6, 6.07) is 0. The van der Waals surface area contributed by atoms with Crippen LogP contribution in [0.5, 0.6) is 0 Å². The van der Waals surface area contributed by atoms with E-state index in [1.165, 1.54) is 56.7 Å². The van der Waals surface area contributed by atoms with Gasteiger partial charge in [0.1, 0.15) is 0 Å². The Morgan fingerprint density at radius 3 is 2.69 bits per heavy atom. The third kappa shape index (κ3) is 5.06. The van der Waals surface area contributed by atoms with Crippen molar-refractivity contribution in [1.82, 2.24) is 15.1 Å². The van der Waals surface area contributed by atoms with Crippen LogP contribution >= 0.6 is 11.8 Å². The van der Waals surface area contributed by atoms with Crippen LogP contribution in [0.1, 0.15) is 32.1 Å². The second-order valence-electron chi connectivity index (χ2n) is 7.68. The van der Waals surface area contributed by atoms with Gasteiger partial charge in [0.25, 0.3) is 0 Å². The zero-order valence-electron chi connectivity index (χ0n) is 16.5. The van der Waals surface area contributed by atoms with E-state index in [4.69, 9.17) is 9.47 Å². The maximum absolute atomic E-state index is 5.79. The molecule has 0 bridgehead atoms. The minimum absolute atomic E-state index is 0.134. The molecular formula is C19H36N4O2S. The standard InChI is InChI=1S/C19H36N4O2S/c1-20-18(22-8-11-25-17(14-22)15-24-2)21-16-19(6-4-3-5-7-19)23-9-12-26-13-10-23/h17H,3-16H2,1-2H3,(H,20,21). The maximum Gasteiger partial charge on any atom is 0.193 e. The molecule has 0 aromatic heterocycles. The predicted octanol–water partition coefficient (Wildman–Crippen LogP) is 1.66. The van der Waals surface area contributed by atoms with Crippen molar-refractivity contribution in [1.29, 1.82) is 0 Å². The number of ether oxygens (including phenoxy) is 2. The fourth-order valence-electron chi connectivity index (χ4n) is 4.63. The van der Waals surface area contributed by atoms with Crippen LogP contribution in [0.15, 0.2) is 4.99 Å². The lowest BCUT2D eigenvalue weighted by molar-refractivity contribution is -0.0449. The molecule has 2 aliphatic heterocycles. The Kier molecular flexibility index (Phi) is 7.91. The van der Waals surface area contributed by atoms with Crippen LogP contribution in [0.2, 0.25) is 0 Å². The van der Waals surface area contributed by atoms with Crippen molar-refractivity contribution in [3.8, 4) is 0 Å². The topological polar surface area (TPSA) is 49.3 Å². The minimum Gasteiger partial charge on any atom is -0.382 e. The molecule has 0 radical (unpaired) electrons. The van der Waals surface area contributed by atoms with E-state index in [1.807, 2.05) is 7.05 Å². The highest BCUT2D eigenvalue weighted by atomic mass is 32.2. The third-order valence-corrected chi connectivity index (χ3v) is 6.99. The lowest BCUT2D eigenvalue weighted by Gasteiger charge is -2.48. The van der Waals surface area contributed by atoms with Gasteiger partial charge in [-0.1, -0.05) is 19.3 Å². The first-order valence-electron chi connectivity index (χ1n) is 10.2. The van der Waals surface area contributed by atoms with Crippen molar-refractivity contribution in [3.63, 3.8) is 0 Å². The highest BCUT2D eigenvalue weighted by molar-refractivity contribution is 7.99. The zero-order valence-corrected chi connectivity index (χ0v) is 17.4. The van der Waals surface area contributed by atoms with Gasteiger partial charge >= 0.3 is 0 Å². The Bertz CT molecular complexity index is 449. The van der Waals surface area contributed by atoms with E-state index in [-0.39, 0.29) is 6.10 Å². The van der Waals surface area contributed by atoms with Crippen LogP contribution in [-0.2, 0) is 9.47 Å². The number of methoxy groups -OCH3 is 1. The van der Waals surface area contributed by atoms with E-state index in [2.05, 4.69) is 31.9 Å². The Labute approximate surface area is 163 Å². The quantitative estimate of drug-likeness (QED) is 0.575. The van der Waals surface area contributed by atoms with E-state index in [0.29, 0.717) is 12.1 Å². The molecular weight excluding hydrogens is 348 g/mol. The molecule has 3 rings (SSSR count). The molecule has 0 aromatic rings. The normalized spacial score (nSPS) is 28.2. The molecule has 1 aliphatic carbocycles. The summed E-state index contributed by atoms with van der Waals surface area (Å²) in [7, 11) is 3.63. The van der Waals surface area contributed by atoms with Gasteiger partial charge in [-0.2, -0.15) is 11.8 Å². The first-order valence-corrected chi connectivity index (χ1v) is 11.3. The summed E-state index contributed by atoms with van der Waals surface area (Å²) in [6.45, 7) is 6.60. The van der Waals surface area contributed by atoms with Gasteiger partial charge in [-0.15, -0.1) is 0 Å². The average molecular weight is 385 g/mol. The lowest BCUT2D eigenvalue weighted by atomic mass is 9.80. The SMILES string of the molecule is CN=C(NCC1(N2CCSCC2)CCCCC1)N1CCOC(COC)C1. The van der Waals surface area contributed by atoms with Crippen LogP contribution in [-0.4, -0.2) is 99.0 Å². The first kappa shape index (κ1) is 20.2. The number of nitrogens with one attached hydrogen (secondary N) is 1. The van der Waals surface area contributed by atoms with Crippen molar-refractivity contribution in [2.75, 3.05) is 71.6 Å². The molecule has 3 fully saturated rings. The molecule has 1 N–H and O–H groups in total. The van der Waals surface area contributed by atoms with Crippen molar-refractivity contribution < 1.29 is 9.47 Å². The average Bonchev–Trinajstić information content (AvgIpc) is 2.70. The smallest absolute Gasteiger partial charge is 0.193 e. The summed E-state index contributed by atoms with van der Waals surface area (Å²) < 4.78 is 11.1. The van der Waals surface area contributed by atoms with E-state index in [9.17, 15) is 0 Å². The summed E-state index contributed by atoms with van der Waals surface area (Å²) in [5.41, 5.74) is 0.313. The molecule has 1 saturated carbocycles. The van der Waals surface area contributed by atoms with Crippen molar-refractivity contribution in [2.24, 2.45) is 4.99 Å². The second-order valence-corrected chi connectivity index (χ2v) is 8.90. The molecule has 6 nitrogen and oxygen atoms in total. The molecule has 2 heterocycles. The van der Waals surface area contributed by atoms with E-state index in [1.54, 1.807) is 7.11 Å². The highest BCUT2D eigenvalue weighted by Crippen LogP contribution is 2.34. The van der Waals surface area contributed by atoms with Gasteiger partial charge in [0, 0.05) is 63.9 Å². The summed E-state index contributed by atoms with van der Waals surface area (Å²) in [5.74, 6) is 3.57. The van der Waals surface area contributed by atoms with Crippen LogP contribution < -0.4 is 5.32 Å². The number of morpholine rings is 1. The molecule has 1 atom stereocenters. The number of hydrogen-bond acceptors (Lipinski definition) is 5. The van der Waals surface area contributed by atoms with Crippen LogP contribution in [0.25, 0.3) is 0 Å². The Balaban J connectivity index is 1.61. The van der Waals surface area contributed by atoms with Gasteiger partial charge in [-0.25, -0.2) is 0 Å². The van der Waals surface area contributed by atoms with Gasteiger partial charge in [0.2, 0.25) is 0 Å². The Morgan fingerprint density at radius 1 is 1.23 bits per heavy atom.